The number of benzene rings is 1. The maximum Gasteiger partial charge on any atom is 0.293 e. The Kier molecular flexibility index (Phi) is 4.56. The Hall–Kier alpha value is -2.53. The highest BCUT2D eigenvalue weighted by Crippen LogP contribution is 2.31. The van der Waals surface area contributed by atoms with Gasteiger partial charge in [0.05, 0.1) is 15.1 Å². The molecule has 7 nitrogen and oxygen atoms in total. The molecule has 1 aromatic carbocycles. The number of aromatic nitrogens is 1. The van der Waals surface area contributed by atoms with E-state index in [0.717, 1.165) is 11.3 Å². The minimum absolute atomic E-state index is 0.0549. The van der Waals surface area contributed by atoms with E-state index in [4.69, 9.17) is 9.52 Å². The number of sulfone groups is 1. The highest BCUT2D eigenvalue weighted by molar-refractivity contribution is 7.93. The van der Waals surface area contributed by atoms with Gasteiger partial charge in [0.1, 0.15) is 16.6 Å². The topological polar surface area (TPSA) is 110 Å². The van der Waals surface area contributed by atoms with Crippen LogP contribution in [0.1, 0.15) is 16.3 Å². The summed E-state index contributed by atoms with van der Waals surface area (Å²) in [7, 11) is -3.57. The summed E-state index contributed by atoms with van der Waals surface area (Å²) >= 11 is 2.32. The third-order valence-electron chi connectivity index (χ3n) is 3.69. The number of fused-ring (bicyclic) bond motifs is 1. The van der Waals surface area contributed by atoms with Crippen LogP contribution in [0.25, 0.3) is 10.2 Å². The number of thiophene rings is 1. The molecule has 3 aromatic heterocycles. The summed E-state index contributed by atoms with van der Waals surface area (Å²) in [6.45, 7) is -0.296. The Morgan fingerprint density at radius 2 is 2.07 bits per heavy atom. The molecule has 1 amide bonds. The number of furan rings is 1. The second kappa shape index (κ2) is 6.89. The first-order valence-electron chi connectivity index (χ1n) is 7.67. The van der Waals surface area contributed by atoms with Gasteiger partial charge in [0, 0.05) is 0 Å². The Morgan fingerprint density at radius 3 is 2.78 bits per heavy atom. The summed E-state index contributed by atoms with van der Waals surface area (Å²) in [5.74, 6) is -0.160. The molecule has 27 heavy (non-hydrogen) atoms. The number of nitrogens with zero attached hydrogens (tertiary/aromatic N) is 1. The van der Waals surface area contributed by atoms with Crippen molar-refractivity contribution in [1.82, 2.24) is 4.98 Å². The molecule has 10 heteroatoms. The number of carbonyl (C=O) groups excluding carboxylic acids is 1. The molecule has 0 saturated carbocycles. The molecule has 4 aromatic rings. The van der Waals surface area contributed by atoms with Crippen LogP contribution in [0.5, 0.6) is 0 Å². The van der Waals surface area contributed by atoms with Crippen LogP contribution < -0.4 is 5.32 Å². The molecule has 2 N–H and O–H groups in total. The summed E-state index contributed by atoms with van der Waals surface area (Å²) in [5, 5.41) is 13.6. The third-order valence-corrected chi connectivity index (χ3v) is 7.77. The summed E-state index contributed by atoms with van der Waals surface area (Å²) in [4.78, 5) is 16.7. The smallest absolute Gasteiger partial charge is 0.293 e. The van der Waals surface area contributed by atoms with Crippen LogP contribution in [-0.2, 0) is 16.4 Å². The lowest BCUT2D eigenvalue weighted by Crippen LogP contribution is -2.10. The number of aliphatic hydroxyl groups is 1. The Balaban J connectivity index is 1.62. The van der Waals surface area contributed by atoms with Crippen LogP contribution in [0.3, 0.4) is 0 Å². The van der Waals surface area contributed by atoms with Crippen LogP contribution in [0, 0.1) is 0 Å². The molecule has 4 rings (SSSR count). The molecule has 0 spiro atoms. The summed E-state index contributed by atoms with van der Waals surface area (Å²) in [6.07, 6.45) is 0. The predicted octanol–water partition coefficient (Wildman–Crippen LogP) is 3.53. The number of hydrogen-bond acceptors (Lipinski definition) is 8. The van der Waals surface area contributed by atoms with E-state index < -0.39 is 15.7 Å². The molecule has 138 valence electrons. The largest absolute Gasteiger partial charge is 0.453 e. The lowest BCUT2D eigenvalue weighted by Gasteiger charge is -2.01. The predicted molar refractivity (Wildman–Crippen MR) is 102 cm³/mol. The van der Waals surface area contributed by atoms with E-state index in [1.165, 1.54) is 29.5 Å². The SMILES string of the molecule is O=C(Nc1nc2ccc(S(=O)(=O)c3cccs3)cc2s1)c1ccc(CO)o1. The molecule has 0 saturated heterocycles. The maximum absolute atomic E-state index is 12.6. The Labute approximate surface area is 161 Å². The van der Waals surface area contributed by atoms with Gasteiger partial charge in [0.25, 0.3) is 5.91 Å². The van der Waals surface area contributed by atoms with Gasteiger partial charge >= 0.3 is 0 Å². The van der Waals surface area contributed by atoms with Crippen molar-refractivity contribution in [2.75, 3.05) is 5.32 Å². The minimum atomic E-state index is -3.57. The van der Waals surface area contributed by atoms with Gasteiger partial charge in [-0.25, -0.2) is 13.4 Å². The van der Waals surface area contributed by atoms with Crippen molar-refractivity contribution in [3.05, 3.63) is 59.4 Å². The average Bonchev–Trinajstić information content (AvgIpc) is 3.39. The van der Waals surface area contributed by atoms with Gasteiger partial charge in [0.15, 0.2) is 10.9 Å². The van der Waals surface area contributed by atoms with Gasteiger partial charge in [-0.1, -0.05) is 17.4 Å². The fourth-order valence-electron chi connectivity index (χ4n) is 2.40. The maximum atomic E-state index is 12.6. The molecule has 0 aliphatic rings. The number of amides is 1. The van der Waals surface area contributed by atoms with Crippen LogP contribution in [-0.4, -0.2) is 24.4 Å². The summed E-state index contributed by atoms with van der Waals surface area (Å²) in [5.41, 5.74) is 0.580. The van der Waals surface area contributed by atoms with Crippen molar-refractivity contribution >= 4 is 53.8 Å². The van der Waals surface area contributed by atoms with Gasteiger partial charge < -0.3 is 9.52 Å². The molecular formula is C17H12N2O5S3. The molecular weight excluding hydrogens is 408 g/mol. The van der Waals surface area contributed by atoms with Gasteiger partial charge in [-0.05, 0) is 41.8 Å². The fraction of sp³-hybridized carbons (Fsp3) is 0.0588. The van der Waals surface area contributed by atoms with Gasteiger partial charge in [-0.2, -0.15) is 0 Å². The molecule has 0 atom stereocenters. The standard InChI is InChI=1S/C17H12N2O5S3/c20-9-10-3-6-13(24-10)16(21)19-17-18-12-5-4-11(8-14(12)26-17)27(22,23)15-2-1-7-25-15/h1-8,20H,9H2,(H,18,19,21). The Bertz CT molecular complexity index is 1220. The zero-order chi connectivity index (χ0) is 19.0. The van der Waals surface area contributed by atoms with Crippen molar-refractivity contribution in [3.8, 4) is 0 Å². The number of anilines is 1. The molecule has 0 aliphatic carbocycles. The zero-order valence-electron chi connectivity index (χ0n) is 13.6. The Morgan fingerprint density at radius 1 is 1.22 bits per heavy atom. The number of carbonyl (C=O) groups is 1. The van der Waals surface area contributed by atoms with E-state index in [1.54, 1.807) is 29.6 Å². The highest BCUT2D eigenvalue weighted by Gasteiger charge is 2.20. The van der Waals surface area contributed by atoms with Gasteiger partial charge in [-0.3, -0.25) is 10.1 Å². The van der Waals surface area contributed by atoms with Gasteiger partial charge in [0.2, 0.25) is 9.84 Å². The van der Waals surface area contributed by atoms with E-state index in [1.807, 2.05) is 0 Å². The minimum Gasteiger partial charge on any atom is -0.453 e. The first-order chi connectivity index (χ1) is 13.0. The number of aliphatic hydroxyl groups excluding tert-OH is 1. The lowest BCUT2D eigenvalue weighted by atomic mass is 10.3. The zero-order valence-corrected chi connectivity index (χ0v) is 16.0. The molecule has 0 aliphatic heterocycles. The average molecular weight is 420 g/mol. The van der Waals surface area contributed by atoms with Crippen LogP contribution >= 0.6 is 22.7 Å². The number of thiazole rings is 1. The van der Waals surface area contributed by atoms with E-state index in [-0.39, 0.29) is 27.2 Å². The monoisotopic (exact) mass is 420 g/mol. The molecule has 0 radical (unpaired) electrons. The van der Waals surface area contributed by atoms with Crippen LogP contribution in [0.2, 0.25) is 0 Å². The normalized spacial score (nSPS) is 11.7. The van der Waals surface area contributed by atoms with Crippen LogP contribution in [0.15, 0.2) is 61.4 Å². The van der Waals surface area contributed by atoms with Crippen molar-refractivity contribution in [2.45, 2.75) is 15.7 Å². The number of rotatable bonds is 5. The molecule has 0 unspecified atom stereocenters. The summed E-state index contributed by atoms with van der Waals surface area (Å²) in [6, 6.07) is 10.9. The third kappa shape index (κ3) is 3.39. The quantitative estimate of drug-likeness (QED) is 0.511. The van der Waals surface area contributed by atoms with Crippen molar-refractivity contribution in [2.24, 2.45) is 0 Å². The highest BCUT2D eigenvalue weighted by atomic mass is 32.2. The second-order valence-corrected chi connectivity index (χ2v) is 9.62. The number of hydrogen-bond donors (Lipinski definition) is 2. The van der Waals surface area contributed by atoms with E-state index in [0.29, 0.717) is 15.3 Å². The molecule has 3 heterocycles. The van der Waals surface area contributed by atoms with E-state index in [2.05, 4.69) is 10.3 Å². The van der Waals surface area contributed by atoms with E-state index >= 15 is 0 Å². The first-order valence-corrected chi connectivity index (χ1v) is 10.9. The van der Waals surface area contributed by atoms with Crippen molar-refractivity contribution < 1.29 is 22.7 Å². The molecule has 0 bridgehead atoms. The molecule has 0 fully saturated rings. The van der Waals surface area contributed by atoms with E-state index in [9.17, 15) is 13.2 Å². The van der Waals surface area contributed by atoms with Crippen molar-refractivity contribution in [1.29, 1.82) is 0 Å². The second-order valence-electron chi connectivity index (χ2n) is 5.46. The fourth-order valence-corrected chi connectivity index (χ4v) is 5.80. The van der Waals surface area contributed by atoms with Crippen molar-refractivity contribution in [3.63, 3.8) is 0 Å². The van der Waals surface area contributed by atoms with Crippen LogP contribution in [0.4, 0.5) is 5.13 Å². The first kappa shape index (κ1) is 17.9. The number of nitrogens with one attached hydrogen (secondary N) is 1. The lowest BCUT2D eigenvalue weighted by molar-refractivity contribution is 0.0992. The summed E-state index contributed by atoms with van der Waals surface area (Å²) < 4.78 is 31.4. The van der Waals surface area contributed by atoms with Gasteiger partial charge in [-0.15, -0.1) is 11.3 Å².